The Labute approximate surface area is 111 Å². The van der Waals surface area contributed by atoms with Gasteiger partial charge in [0.2, 0.25) is 0 Å². The summed E-state index contributed by atoms with van der Waals surface area (Å²) in [4.78, 5) is 17.9. The quantitative estimate of drug-likeness (QED) is 0.543. The number of amides is 1. The van der Waals surface area contributed by atoms with Gasteiger partial charge >= 0.3 is 0 Å². The molecule has 2 heterocycles. The summed E-state index contributed by atoms with van der Waals surface area (Å²) in [6.45, 7) is 1.86. The van der Waals surface area contributed by atoms with Crippen LogP contribution < -0.4 is 16.6 Å². The molecular formula is C12H18FN5O. The van der Waals surface area contributed by atoms with Crippen LogP contribution in [0.5, 0.6) is 0 Å². The van der Waals surface area contributed by atoms with Gasteiger partial charge in [0.15, 0.2) is 11.6 Å². The van der Waals surface area contributed by atoms with E-state index in [1.165, 1.54) is 12.3 Å². The van der Waals surface area contributed by atoms with Crippen LogP contribution in [0.4, 0.5) is 10.2 Å². The van der Waals surface area contributed by atoms with Crippen LogP contribution in [0.1, 0.15) is 23.2 Å². The molecule has 0 spiro atoms. The van der Waals surface area contributed by atoms with Crippen molar-refractivity contribution >= 4 is 11.7 Å². The maximum absolute atomic E-state index is 13.9. The van der Waals surface area contributed by atoms with Crippen molar-refractivity contribution in [2.45, 2.75) is 18.9 Å². The summed E-state index contributed by atoms with van der Waals surface area (Å²) < 4.78 is 13.9. The molecule has 1 aliphatic rings. The van der Waals surface area contributed by atoms with E-state index in [9.17, 15) is 9.18 Å². The number of hydrogen-bond acceptors (Lipinski definition) is 5. The molecule has 0 unspecified atom stereocenters. The second kappa shape index (κ2) is 5.94. The summed E-state index contributed by atoms with van der Waals surface area (Å²) >= 11 is 0. The first-order valence-electron chi connectivity index (χ1n) is 6.22. The number of pyridine rings is 1. The SMILES string of the molecule is CN1CCC(NC(=O)c2ccnc(NN)c2F)CC1. The molecule has 0 bridgehead atoms. The first-order chi connectivity index (χ1) is 9.11. The van der Waals surface area contributed by atoms with Crippen LogP contribution >= 0.6 is 0 Å². The predicted octanol–water partition coefficient (Wildman–Crippen LogP) is 0.330. The number of hydrogen-bond donors (Lipinski definition) is 3. The van der Waals surface area contributed by atoms with Gasteiger partial charge in [-0.1, -0.05) is 0 Å². The highest BCUT2D eigenvalue weighted by atomic mass is 19.1. The lowest BCUT2D eigenvalue weighted by atomic mass is 10.0. The van der Waals surface area contributed by atoms with E-state index in [0.29, 0.717) is 0 Å². The molecule has 7 heteroatoms. The molecule has 2 rings (SSSR count). The lowest BCUT2D eigenvalue weighted by Crippen LogP contribution is -2.43. The Balaban J connectivity index is 2.04. The fourth-order valence-corrected chi connectivity index (χ4v) is 2.14. The predicted molar refractivity (Wildman–Crippen MR) is 70.0 cm³/mol. The zero-order valence-electron chi connectivity index (χ0n) is 10.8. The summed E-state index contributed by atoms with van der Waals surface area (Å²) in [5.41, 5.74) is 2.09. The molecule has 0 atom stereocenters. The normalized spacial score (nSPS) is 17.2. The Bertz CT molecular complexity index is 459. The van der Waals surface area contributed by atoms with E-state index < -0.39 is 11.7 Å². The average Bonchev–Trinajstić information content (AvgIpc) is 2.41. The number of aromatic nitrogens is 1. The van der Waals surface area contributed by atoms with E-state index in [0.717, 1.165) is 25.9 Å². The van der Waals surface area contributed by atoms with Gasteiger partial charge in [-0.15, -0.1) is 0 Å². The number of piperidine rings is 1. The number of likely N-dealkylation sites (tertiary alicyclic amines) is 1. The number of nitrogens with zero attached hydrogens (tertiary/aromatic N) is 2. The third-order valence-electron chi connectivity index (χ3n) is 3.32. The van der Waals surface area contributed by atoms with Gasteiger partial charge in [0, 0.05) is 12.2 Å². The molecule has 104 valence electrons. The zero-order chi connectivity index (χ0) is 13.8. The summed E-state index contributed by atoms with van der Waals surface area (Å²) in [6, 6.07) is 1.44. The molecule has 1 fully saturated rings. The number of nitrogens with one attached hydrogen (secondary N) is 2. The van der Waals surface area contributed by atoms with Gasteiger partial charge in [-0.25, -0.2) is 15.2 Å². The van der Waals surface area contributed by atoms with Gasteiger partial charge in [0.1, 0.15) is 0 Å². The summed E-state index contributed by atoms with van der Waals surface area (Å²) in [7, 11) is 2.04. The average molecular weight is 267 g/mol. The molecule has 1 saturated heterocycles. The number of hydrazine groups is 1. The number of nitrogens with two attached hydrogens (primary N) is 1. The van der Waals surface area contributed by atoms with Crippen LogP contribution in [0.25, 0.3) is 0 Å². The third kappa shape index (κ3) is 3.18. The largest absolute Gasteiger partial charge is 0.349 e. The van der Waals surface area contributed by atoms with Gasteiger partial charge < -0.3 is 15.6 Å². The van der Waals surface area contributed by atoms with Gasteiger partial charge in [-0.05, 0) is 39.0 Å². The molecule has 1 aromatic heterocycles. The Morgan fingerprint density at radius 3 is 2.84 bits per heavy atom. The first kappa shape index (κ1) is 13.7. The maximum Gasteiger partial charge on any atom is 0.254 e. The topological polar surface area (TPSA) is 83.3 Å². The summed E-state index contributed by atoms with van der Waals surface area (Å²) in [5, 5.41) is 2.85. The highest BCUT2D eigenvalue weighted by Gasteiger charge is 2.21. The van der Waals surface area contributed by atoms with Crippen LogP contribution in [0.2, 0.25) is 0 Å². The van der Waals surface area contributed by atoms with Crippen molar-refractivity contribution in [2.75, 3.05) is 25.6 Å². The molecule has 1 aliphatic heterocycles. The van der Waals surface area contributed by atoms with Crippen molar-refractivity contribution in [1.29, 1.82) is 0 Å². The highest BCUT2D eigenvalue weighted by molar-refractivity contribution is 5.95. The zero-order valence-corrected chi connectivity index (χ0v) is 10.8. The number of nitrogen functional groups attached to an aromatic ring is 1. The molecule has 4 N–H and O–H groups in total. The van der Waals surface area contributed by atoms with Crippen molar-refractivity contribution in [1.82, 2.24) is 15.2 Å². The lowest BCUT2D eigenvalue weighted by Gasteiger charge is -2.29. The molecule has 0 aliphatic carbocycles. The number of anilines is 1. The molecule has 1 aromatic rings. The van der Waals surface area contributed by atoms with Crippen molar-refractivity contribution in [2.24, 2.45) is 5.84 Å². The van der Waals surface area contributed by atoms with Gasteiger partial charge in [0.05, 0.1) is 5.56 Å². The number of carbonyl (C=O) groups excluding carboxylic acids is 1. The molecule has 0 saturated carbocycles. The van der Waals surface area contributed by atoms with Crippen LogP contribution in [0.3, 0.4) is 0 Å². The third-order valence-corrected chi connectivity index (χ3v) is 3.32. The fraction of sp³-hybridized carbons (Fsp3) is 0.500. The van der Waals surface area contributed by atoms with Crippen LogP contribution in [-0.4, -0.2) is 42.0 Å². The smallest absolute Gasteiger partial charge is 0.254 e. The van der Waals surface area contributed by atoms with Crippen LogP contribution in [0, 0.1) is 5.82 Å². The molecular weight excluding hydrogens is 249 g/mol. The minimum Gasteiger partial charge on any atom is -0.349 e. The fourth-order valence-electron chi connectivity index (χ4n) is 2.14. The molecule has 0 radical (unpaired) electrons. The number of rotatable bonds is 3. The highest BCUT2D eigenvalue weighted by Crippen LogP contribution is 2.15. The second-order valence-corrected chi connectivity index (χ2v) is 4.72. The summed E-state index contributed by atoms with van der Waals surface area (Å²) in [5.74, 6) is 3.85. The maximum atomic E-state index is 13.9. The van der Waals surface area contributed by atoms with E-state index >= 15 is 0 Å². The lowest BCUT2D eigenvalue weighted by molar-refractivity contribution is 0.0912. The minimum atomic E-state index is -0.726. The second-order valence-electron chi connectivity index (χ2n) is 4.72. The van der Waals surface area contributed by atoms with Crippen molar-refractivity contribution < 1.29 is 9.18 Å². The van der Waals surface area contributed by atoms with Crippen molar-refractivity contribution in [3.63, 3.8) is 0 Å². The number of carbonyl (C=O) groups is 1. The molecule has 6 nitrogen and oxygen atoms in total. The Kier molecular flexibility index (Phi) is 4.28. The first-order valence-corrected chi connectivity index (χ1v) is 6.22. The van der Waals surface area contributed by atoms with Gasteiger partial charge in [-0.2, -0.15) is 0 Å². The van der Waals surface area contributed by atoms with E-state index in [1.54, 1.807) is 0 Å². The van der Waals surface area contributed by atoms with E-state index in [2.05, 4.69) is 20.6 Å². The summed E-state index contributed by atoms with van der Waals surface area (Å²) in [6.07, 6.45) is 3.09. The van der Waals surface area contributed by atoms with Crippen LogP contribution in [0.15, 0.2) is 12.3 Å². The Morgan fingerprint density at radius 2 is 2.21 bits per heavy atom. The van der Waals surface area contributed by atoms with Crippen LogP contribution in [-0.2, 0) is 0 Å². The van der Waals surface area contributed by atoms with E-state index in [4.69, 9.17) is 5.84 Å². The minimum absolute atomic E-state index is 0.0399. The van der Waals surface area contributed by atoms with Crippen molar-refractivity contribution in [3.05, 3.63) is 23.6 Å². The molecule has 0 aromatic carbocycles. The monoisotopic (exact) mass is 267 g/mol. The molecule has 19 heavy (non-hydrogen) atoms. The van der Waals surface area contributed by atoms with E-state index in [-0.39, 0.29) is 17.4 Å². The van der Waals surface area contributed by atoms with Crippen molar-refractivity contribution in [3.8, 4) is 0 Å². The Hall–Kier alpha value is -1.73. The number of halogens is 1. The van der Waals surface area contributed by atoms with E-state index in [1.807, 2.05) is 7.05 Å². The molecule has 1 amide bonds. The van der Waals surface area contributed by atoms with Gasteiger partial charge in [0.25, 0.3) is 5.91 Å². The van der Waals surface area contributed by atoms with Gasteiger partial charge in [-0.3, -0.25) is 4.79 Å². The standard InChI is InChI=1S/C12H18FN5O/c1-18-6-3-8(4-7-18)16-12(19)9-2-5-15-11(17-14)10(9)13/h2,5,8H,3-4,6-7,14H2,1H3,(H,15,17)(H,16,19). The Morgan fingerprint density at radius 1 is 1.53 bits per heavy atom.